The lowest BCUT2D eigenvalue weighted by Crippen LogP contribution is -2.29. The van der Waals surface area contributed by atoms with Crippen molar-refractivity contribution in [3.05, 3.63) is 60.2 Å². The second-order valence-corrected chi connectivity index (χ2v) is 9.02. The third-order valence-corrected chi connectivity index (χ3v) is 6.58. The molecule has 140 valence electrons. The van der Waals surface area contributed by atoms with Crippen LogP contribution in [0.3, 0.4) is 0 Å². The Bertz CT molecular complexity index is 1080. The van der Waals surface area contributed by atoms with E-state index in [9.17, 15) is 8.42 Å². The Hall–Kier alpha value is -2.58. The Kier molecular flexibility index (Phi) is 4.12. The zero-order valence-corrected chi connectivity index (χ0v) is 16.1. The minimum Gasteiger partial charge on any atom is -0.339 e. The molecule has 2 heterocycles. The molecule has 8 heteroatoms. The number of nitrogens with one attached hydrogen (secondary N) is 1. The van der Waals surface area contributed by atoms with Gasteiger partial charge in [-0.15, -0.1) is 0 Å². The summed E-state index contributed by atoms with van der Waals surface area (Å²) in [4.78, 5) is 8.98. The van der Waals surface area contributed by atoms with E-state index in [1.54, 1.807) is 36.5 Å². The first-order valence-electron chi connectivity index (χ1n) is 8.63. The number of nitrogens with zero attached hydrogens (tertiary/aromatic N) is 3. The van der Waals surface area contributed by atoms with Crippen LogP contribution >= 0.6 is 0 Å². The summed E-state index contributed by atoms with van der Waals surface area (Å²) in [5, 5.41) is 4.06. The van der Waals surface area contributed by atoms with Crippen molar-refractivity contribution >= 4 is 10.0 Å². The average molecular weight is 384 g/mol. The molecule has 4 rings (SSSR count). The number of hydrogen-bond acceptors (Lipinski definition) is 6. The number of pyridine rings is 1. The Morgan fingerprint density at radius 3 is 2.56 bits per heavy atom. The SMILES string of the molecule is Cc1ncccc1-c1noc([C@@H]2[C@H](NS(=O)(=O)c3ccccc3)C2(C)C)n1. The van der Waals surface area contributed by atoms with Gasteiger partial charge in [-0.2, -0.15) is 4.98 Å². The molecular formula is C19H20N4O3S. The summed E-state index contributed by atoms with van der Waals surface area (Å²) >= 11 is 0. The minimum atomic E-state index is -3.61. The molecule has 2 aromatic heterocycles. The number of aryl methyl sites for hydroxylation is 1. The van der Waals surface area contributed by atoms with Crippen molar-refractivity contribution in [2.24, 2.45) is 5.41 Å². The second kappa shape index (κ2) is 6.24. The highest BCUT2D eigenvalue weighted by molar-refractivity contribution is 7.89. The Morgan fingerprint density at radius 2 is 1.85 bits per heavy atom. The van der Waals surface area contributed by atoms with E-state index in [0.29, 0.717) is 11.7 Å². The first-order valence-corrected chi connectivity index (χ1v) is 10.1. The number of hydrogen-bond donors (Lipinski definition) is 1. The maximum absolute atomic E-state index is 12.6. The predicted octanol–water partition coefficient (Wildman–Crippen LogP) is 2.91. The van der Waals surface area contributed by atoms with E-state index in [1.165, 1.54) is 0 Å². The first-order chi connectivity index (χ1) is 12.8. The first kappa shape index (κ1) is 17.8. The third-order valence-electron chi connectivity index (χ3n) is 5.12. The molecule has 0 unspecified atom stereocenters. The van der Waals surface area contributed by atoms with Crippen molar-refractivity contribution in [2.75, 3.05) is 0 Å². The Balaban J connectivity index is 1.58. The van der Waals surface area contributed by atoms with Gasteiger partial charge in [0.15, 0.2) is 0 Å². The van der Waals surface area contributed by atoms with Gasteiger partial charge in [0.1, 0.15) is 0 Å². The summed E-state index contributed by atoms with van der Waals surface area (Å²) in [5.41, 5.74) is 1.28. The number of rotatable bonds is 5. The van der Waals surface area contributed by atoms with Gasteiger partial charge in [0.25, 0.3) is 0 Å². The highest BCUT2D eigenvalue weighted by atomic mass is 32.2. The summed E-state index contributed by atoms with van der Waals surface area (Å²) < 4.78 is 33.5. The molecule has 1 aromatic carbocycles. The highest BCUT2D eigenvalue weighted by Gasteiger charge is 2.63. The van der Waals surface area contributed by atoms with Crippen LogP contribution in [0.4, 0.5) is 0 Å². The van der Waals surface area contributed by atoms with Crippen LogP contribution in [0.1, 0.15) is 31.4 Å². The normalized spacial score (nSPS) is 21.1. The topological polar surface area (TPSA) is 98.0 Å². The fourth-order valence-electron chi connectivity index (χ4n) is 3.34. The van der Waals surface area contributed by atoms with Gasteiger partial charge < -0.3 is 4.52 Å². The van der Waals surface area contributed by atoms with Crippen molar-refractivity contribution in [3.8, 4) is 11.4 Å². The predicted molar refractivity (Wildman–Crippen MR) is 99.3 cm³/mol. The van der Waals surface area contributed by atoms with Gasteiger partial charge >= 0.3 is 0 Å². The van der Waals surface area contributed by atoms with E-state index in [1.807, 2.05) is 32.9 Å². The number of sulfonamides is 1. The molecule has 27 heavy (non-hydrogen) atoms. The van der Waals surface area contributed by atoms with E-state index in [0.717, 1.165) is 11.3 Å². The fourth-order valence-corrected chi connectivity index (χ4v) is 4.77. The third kappa shape index (κ3) is 3.15. The maximum atomic E-state index is 12.6. The lowest BCUT2D eigenvalue weighted by Gasteiger charge is -2.07. The van der Waals surface area contributed by atoms with Crippen molar-refractivity contribution in [1.82, 2.24) is 19.8 Å². The minimum absolute atomic E-state index is 0.186. The summed E-state index contributed by atoms with van der Waals surface area (Å²) in [7, 11) is -3.61. The largest absolute Gasteiger partial charge is 0.339 e. The molecule has 0 bridgehead atoms. The van der Waals surface area contributed by atoms with Crippen LogP contribution in [-0.2, 0) is 10.0 Å². The number of benzene rings is 1. The van der Waals surface area contributed by atoms with Crippen LogP contribution < -0.4 is 4.72 Å². The zero-order chi connectivity index (χ0) is 19.2. The average Bonchev–Trinajstić information content (AvgIpc) is 2.98. The molecule has 0 radical (unpaired) electrons. The van der Waals surface area contributed by atoms with Gasteiger partial charge in [0, 0.05) is 23.5 Å². The molecule has 7 nitrogen and oxygen atoms in total. The van der Waals surface area contributed by atoms with Crippen LogP contribution in [0, 0.1) is 12.3 Å². The van der Waals surface area contributed by atoms with E-state index in [4.69, 9.17) is 4.52 Å². The number of aromatic nitrogens is 3. The fraction of sp³-hybridized carbons (Fsp3) is 0.316. The van der Waals surface area contributed by atoms with Crippen LogP contribution in [-0.4, -0.2) is 29.6 Å². The summed E-state index contributed by atoms with van der Waals surface area (Å²) in [6.45, 7) is 5.84. The zero-order valence-electron chi connectivity index (χ0n) is 15.2. The molecule has 2 atom stereocenters. The molecule has 1 aliphatic carbocycles. The van der Waals surface area contributed by atoms with Crippen LogP contribution in [0.5, 0.6) is 0 Å². The van der Waals surface area contributed by atoms with E-state index in [-0.39, 0.29) is 22.3 Å². The standard InChI is InChI=1S/C19H20N4O3S/c1-12-14(10-7-11-20-12)17-21-18(26-22-17)15-16(19(15,2)3)23-27(24,25)13-8-5-4-6-9-13/h4-11,15-16,23H,1-3H3/t15-,16-/m0/s1. The summed E-state index contributed by atoms with van der Waals surface area (Å²) in [5.74, 6) is 0.705. The smallest absolute Gasteiger partial charge is 0.240 e. The molecule has 0 saturated heterocycles. The molecule has 1 aliphatic rings. The van der Waals surface area contributed by atoms with Crippen LogP contribution in [0.15, 0.2) is 58.1 Å². The second-order valence-electron chi connectivity index (χ2n) is 7.30. The Labute approximate surface area is 157 Å². The van der Waals surface area contributed by atoms with Crippen LogP contribution in [0.2, 0.25) is 0 Å². The molecule has 0 spiro atoms. The van der Waals surface area contributed by atoms with Gasteiger partial charge in [-0.25, -0.2) is 13.1 Å². The highest BCUT2D eigenvalue weighted by Crippen LogP contribution is 2.58. The lowest BCUT2D eigenvalue weighted by molar-refractivity contribution is 0.368. The van der Waals surface area contributed by atoms with Crippen molar-refractivity contribution < 1.29 is 12.9 Å². The lowest BCUT2D eigenvalue weighted by atomic mass is 10.1. The van der Waals surface area contributed by atoms with E-state index >= 15 is 0 Å². The van der Waals surface area contributed by atoms with Crippen molar-refractivity contribution in [1.29, 1.82) is 0 Å². The molecule has 1 fully saturated rings. The van der Waals surface area contributed by atoms with Gasteiger partial charge in [-0.3, -0.25) is 4.98 Å². The van der Waals surface area contributed by atoms with Gasteiger partial charge in [-0.1, -0.05) is 37.2 Å². The van der Waals surface area contributed by atoms with Gasteiger partial charge in [0.05, 0.1) is 10.8 Å². The quantitative estimate of drug-likeness (QED) is 0.726. The molecule has 1 N–H and O–H groups in total. The monoisotopic (exact) mass is 384 g/mol. The van der Waals surface area contributed by atoms with E-state index in [2.05, 4.69) is 19.8 Å². The van der Waals surface area contributed by atoms with Gasteiger partial charge in [0.2, 0.25) is 21.7 Å². The molecule has 0 amide bonds. The molecule has 1 saturated carbocycles. The Morgan fingerprint density at radius 1 is 1.11 bits per heavy atom. The molecule has 3 aromatic rings. The van der Waals surface area contributed by atoms with Crippen LogP contribution in [0.25, 0.3) is 11.4 Å². The summed E-state index contributed by atoms with van der Waals surface area (Å²) in [6, 6.07) is 11.7. The summed E-state index contributed by atoms with van der Waals surface area (Å²) in [6.07, 6.45) is 1.71. The van der Waals surface area contributed by atoms with Crippen molar-refractivity contribution in [3.63, 3.8) is 0 Å². The van der Waals surface area contributed by atoms with E-state index < -0.39 is 10.0 Å². The molecule has 0 aliphatic heterocycles. The van der Waals surface area contributed by atoms with Gasteiger partial charge in [-0.05, 0) is 36.6 Å². The maximum Gasteiger partial charge on any atom is 0.240 e. The molecular weight excluding hydrogens is 364 g/mol. The van der Waals surface area contributed by atoms with Crippen molar-refractivity contribution in [2.45, 2.75) is 37.6 Å².